The highest BCUT2D eigenvalue weighted by Gasteiger charge is 2.57. The minimum atomic E-state index is 0.0801. The molecule has 0 aliphatic heterocycles. The van der Waals surface area contributed by atoms with Gasteiger partial charge in [0.1, 0.15) is 5.75 Å². The van der Waals surface area contributed by atoms with Crippen molar-refractivity contribution >= 4 is 15.9 Å². The molecule has 0 N–H and O–H groups in total. The second-order valence-corrected chi connectivity index (χ2v) is 11.8. The number of rotatable bonds is 5. The van der Waals surface area contributed by atoms with Crippen LogP contribution in [0.15, 0.2) is 40.9 Å². The number of hydrogen-bond acceptors (Lipinski definition) is 2. The van der Waals surface area contributed by atoms with E-state index >= 15 is 0 Å². The molecule has 0 radical (unpaired) electrons. The molecule has 0 heterocycles. The lowest BCUT2D eigenvalue weighted by molar-refractivity contribution is 0.0491. The standard InChI is InChI=1S/C27H33BrO2/c1-26(2,3)20-11-22(21-7-5-6-8-24(21)28)25(30-16-29-4)23(12-20)27-13-17-9-18(14-27)19(10-17)15-27/h5-8,11-12,17-19H,9-10,13-16H2,1-4H3. The Morgan fingerprint density at radius 1 is 1.00 bits per heavy atom. The van der Waals surface area contributed by atoms with Crippen molar-refractivity contribution in [3.63, 3.8) is 0 Å². The lowest BCUT2D eigenvalue weighted by Gasteiger charge is -2.41. The summed E-state index contributed by atoms with van der Waals surface area (Å²) in [7, 11) is 1.71. The van der Waals surface area contributed by atoms with Crippen LogP contribution < -0.4 is 4.74 Å². The number of methoxy groups -OCH3 is 1. The molecule has 4 aliphatic rings. The summed E-state index contributed by atoms with van der Waals surface area (Å²) >= 11 is 3.80. The zero-order valence-electron chi connectivity index (χ0n) is 18.6. The Morgan fingerprint density at radius 3 is 2.30 bits per heavy atom. The molecule has 4 aliphatic carbocycles. The summed E-state index contributed by atoms with van der Waals surface area (Å²) in [5.74, 6) is 3.79. The lowest BCUT2D eigenvalue weighted by Crippen LogP contribution is -2.32. The smallest absolute Gasteiger partial charge is 0.188 e. The Hall–Kier alpha value is -1.32. The summed E-state index contributed by atoms with van der Waals surface area (Å²) in [5.41, 5.74) is 5.58. The highest BCUT2D eigenvalue weighted by molar-refractivity contribution is 9.10. The highest BCUT2D eigenvalue weighted by Crippen LogP contribution is 2.66. The molecular weight excluding hydrogens is 436 g/mol. The van der Waals surface area contributed by atoms with Crippen LogP contribution in [0.5, 0.6) is 5.75 Å². The van der Waals surface area contributed by atoms with Gasteiger partial charge in [-0.05, 0) is 83.9 Å². The van der Waals surface area contributed by atoms with E-state index in [9.17, 15) is 0 Å². The monoisotopic (exact) mass is 468 g/mol. The van der Waals surface area contributed by atoms with Crippen LogP contribution >= 0.6 is 15.9 Å². The van der Waals surface area contributed by atoms with E-state index in [1.165, 1.54) is 54.4 Å². The van der Waals surface area contributed by atoms with Crippen molar-refractivity contribution in [2.24, 2.45) is 17.8 Å². The fraction of sp³-hybridized carbons (Fsp3) is 0.556. The second-order valence-electron chi connectivity index (χ2n) is 10.9. The van der Waals surface area contributed by atoms with Crippen LogP contribution in [0.2, 0.25) is 0 Å². The minimum absolute atomic E-state index is 0.0801. The predicted octanol–water partition coefficient (Wildman–Crippen LogP) is 7.47. The van der Waals surface area contributed by atoms with Gasteiger partial charge in [0.25, 0.3) is 0 Å². The lowest BCUT2D eigenvalue weighted by atomic mass is 9.64. The first kappa shape index (κ1) is 20.6. The Morgan fingerprint density at radius 2 is 1.70 bits per heavy atom. The van der Waals surface area contributed by atoms with Gasteiger partial charge in [-0.3, -0.25) is 0 Å². The van der Waals surface area contributed by atoms with Crippen molar-refractivity contribution in [1.82, 2.24) is 0 Å². The van der Waals surface area contributed by atoms with E-state index in [0.29, 0.717) is 0 Å². The molecule has 2 unspecified atom stereocenters. The third-order valence-electron chi connectivity index (χ3n) is 7.94. The predicted molar refractivity (Wildman–Crippen MR) is 126 cm³/mol. The van der Waals surface area contributed by atoms with E-state index in [1.54, 1.807) is 7.11 Å². The fourth-order valence-corrected chi connectivity index (χ4v) is 7.25. The maximum atomic E-state index is 6.40. The molecule has 4 fully saturated rings. The van der Waals surface area contributed by atoms with Gasteiger partial charge in [0.2, 0.25) is 0 Å². The minimum Gasteiger partial charge on any atom is -0.467 e. The van der Waals surface area contributed by atoms with E-state index in [-0.39, 0.29) is 17.6 Å². The maximum Gasteiger partial charge on any atom is 0.188 e. The third-order valence-corrected chi connectivity index (χ3v) is 8.63. The number of benzene rings is 2. The molecule has 4 saturated carbocycles. The average molecular weight is 469 g/mol. The molecule has 2 atom stereocenters. The molecule has 0 spiro atoms. The topological polar surface area (TPSA) is 18.5 Å². The molecule has 30 heavy (non-hydrogen) atoms. The summed E-state index contributed by atoms with van der Waals surface area (Å²) in [6.07, 6.45) is 6.90. The molecule has 3 heteroatoms. The summed E-state index contributed by atoms with van der Waals surface area (Å²) in [4.78, 5) is 0. The fourth-order valence-electron chi connectivity index (χ4n) is 6.75. The van der Waals surface area contributed by atoms with E-state index in [1.807, 2.05) is 0 Å². The largest absolute Gasteiger partial charge is 0.467 e. The van der Waals surface area contributed by atoms with Crippen LogP contribution in [0.1, 0.15) is 64.0 Å². The summed E-state index contributed by atoms with van der Waals surface area (Å²) < 4.78 is 12.9. The number of ether oxygens (including phenoxy) is 2. The zero-order chi connectivity index (χ0) is 21.1. The van der Waals surface area contributed by atoms with Crippen molar-refractivity contribution in [2.45, 2.75) is 63.7 Å². The first-order valence-electron chi connectivity index (χ1n) is 11.4. The van der Waals surface area contributed by atoms with Crippen LogP contribution in [0.25, 0.3) is 11.1 Å². The molecule has 0 amide bonds. The van der Waals surface area contributed by atoms with Gasteiger partial charge in [-0.15, -0.1) is 0 Å². The molecule has 0 aromatic heterocycles. The van der Waals surface area contributed by atoms with Crippen LogP contribution in [0, 0.1) is 17.8 Å². The van der Waals surface area contributed by atoms with Crippen molar-refractivity contribution < 1.29 is 9.47 Å². The van der Waals surface area contributed by atoms with Crippen LogP contribution in [-0.2, 0) is 15.6 Å². The van der Waals surface area contributed by atoms with E-state index in [4.69, 9.17) is 9.47 Å². The SMILES string of the molecule is COCOc1c(-c2ccccc2Br)cc(C(C)(C)C)cc1C12CC3CC(C1)C(C3)C2. The van der Waals surface area contributed by atoms with Gasteiger partial charge in [0.05, 0.1) is 0 Å². The molecule has 160 valence electrons. The van der Waals surface area contributed by atoms with Crippen molar-refractivity contribution in [3.8, 4) is 16.9 Å². The van der Waals surface area contributed by atoms with Crippen LogP contribution in [0.4, 0.5) is 0 Å². The van der Waals surface area contributed by atoms with Crippen molar-refractivity contribution in [3.05, 3.63) is 52.0 Å². The summed E-state index contributed by atoms with van der Waals surface area (Å²) in [6, 6.07) is 13.3. The summed E-state index contributed by atoms with van der Waals surface area (Å²) in [6.45, 7) is 7.24. The van der Waals surface area contributed by atoms with Gasteiger partial charge < -0.3 is 9.47 Å². The van der Waals surface area contributed by atoms with Gasteiger partial charge >= 0.3 is 0 Å². The molecule has 4 bridgehead atoms. The highest BCUT2D eigenvalue weighted by atomic mass is 79.9. The Kier molecular flexibility index (Phi) is 5.06. The van der Waals surface area contributed by atoms with Gasteiger partial charge in [-0.25, -0.2) is 0 Å². The second kappa shape index (κ2) is 7.38. The van der Waals surface area contributed by atoms with E-state index in [0.717, 1.165) is 28.0 Å². The molecule has 2 nitrogen and oxygen atoms in total. The van der Waals surface area contributed by atoms with Crippen molar-refractivity contribution in [1.29, 1.82) is 0 Å². The first-order valence-corrected chi connectivity index (χ1v) is 12.2. The Labute approximate surface area is 189 Å². The van der Waals surface area contributed by atoms with Crippen molar-refractivity contribution in [2.75, 3.05) is 13.9 Å². The molecule has 2 aromatic carbocycles. The average Bonchev–Trinajstić information content (AvgIpc) is 3.12. The van der Waals surface area contributed by atoms with Gasteiger partial charge in [-0.1, -0.05) is 61.0 Å². The normalized spacial score (nSPS) is 29.6. The first-order chi connectivity index (χ1) is 14.3. The zero-order valence-corrected chi connectivity index (χ0v) is 20.2. The molecular formula is C27H33BrO2. The molecule has 0 saturated heterocycles. The maximum absolute atomic E-state index is 6.40. The number of halogens is 1. The van der Waals surface area contributed by atoms with Gasteiger partial charge in [0, 0.05) is 22.7 Å². The van der Waals surface area contributed by atoms with E-state index < -0.39 is 0 Å². The molecule has 6 rings (SSSR count). The Balaban J connectivity index is 1.74. The van der Waals surface area contributed by atoms with Gasteiger partial charge in [-0.2, -0.15) is 0 Å². The summed E-state index contributed by atoms with van der Waals surface area (Å²) in [5, 5.41) is 0. The van der Waals surface area contributed by atoms with Gasteiger partial charge in [0.15, 0.2) is 6.79 Å². The quantitative estimate of drug-likeness (QED) is 0.423. The third kappa shape index (κ3) is 3.33. The van der Waals surface area contributed by atoms with Crippen LogP contribution in [-0.4, -0.2) is 13.9 Å². The van der Waals surface area contributed by atoms with E-state index in [2.05, 4.69) is 73.1 Å². The number of hydrogen-bond donors (Lipinski definition) is 0. The van der Waals surface area contributed by atoms with Crippen LogP contribution in [0.3, 0.4) is 0 Å². The Bertz CT molecular complexity index is 938. The molecule has 2 aromatic rings.